The number of piperidine rings is 1. The van der Waals surface area contributed by atoms with Gasteiger partial charge in [-0.25, -0.2) is 0 Å². The van der Waals surface area contributed by atoms with Crippen molar-refractivity contribution in [1.29, 1.82) is 0 Å². The Morgan fingerprint density at radius 1 is 1.39 bits per heavy atom. The van der Waals surface area contributed by atoms with Gasteiger partial charge >= 0.3 is 0 Å². The molecule has 1 aliphatic heterocycles. The quantitative estimate of drug-likeness (QED) is 0.876. The van der Waals surface area contributed by atoms with Crippen LogP contribution in [0.5, 0.6) is 0 Å². The van der Waals surface area contributed by atoms with Gasteiger partial charge in [-0.1, -0.05) is 18.0 Å². The number of likely N-dealkylation sites (tertiary alicyclic amines) is 1. The van der Waals surface area contributed by atoms with Gasteiger partial charge in [-0.15, -0.1) is 0 Å². The molecule has 1 atom stereocenters. The third-order valence-electron chi connectivity index (χ3n) is 4.74. The molecule has 3 rings (SSSR count). The minimum atomic E-state index is 0.126. The summed E-state index contributed by atoms with van der Waals surface area (Å²) in [6.07, 6.45) is 5.33. The number of aromatic nitrogens is 1. The van der Waals surface area contributed by atoms with E-state index in [1.54, 1.807) is 0 Å². The van der Waals surface area contributed by atoms with Crippen LogP contribution in [-0.4, -0.2) is 35.4 Å². The Balaban J connectivity index is 1.48. The van der Waals surface area contributed by atoms with Crippen LogP contribution in [0.2, 0.25) is 5.02 Å². The topological polar surface area (TPSA) is 48.1 Å². The summed E-state index contributed by atoms with van der Waals surface area (Å²) in [5.41, 5.74) is 2.05. The van der Waals surface area contributed by atoms with Gasteiger partial charge < -0.3 is 15.2 Å². The lowest BCUT2D eigenvalue weighted by molar-refractivity contribution is -0.121. The van der Waals surface area contributed by atoms with Crippen LogP contribution in [0.25, 0.3) is 10.9 Å². The highest BCUT2D eigenvalue weighted by molar-refractivity contribution is 6.31. The standard InChI is InChI=1S/C18H24ClN3O/c1-22-9-3-2-4-16(22)6-8-18(23)20-12-15-11-13-10-14(19)5-7-17(13)21-15/h5,7,10-11,16,21H,2-4,6,8-9,12H2,1H3,(H,20,23)/t16-/m0/s1. The van der Waals surface area contributed by atoms with E-state index < -0.39 is 0 Å². The van der Waals surface area contributed by atoms with Crippen LogP contribution in [0.1, 0.15) is 37.8 Å². The number of aromatic amines is 1. The van der Waals surface area contributed by atoms with Crippen molar-refractivity contribution in [2.24, 2.45) is 0 Å². The van der Waals surface area contributed by atoms with Crippen LogP contribution >= 0.6 is 11.6 Å². The van der Waals surface area contributed by atoms with E-state index in [0.29, 0.717) is 19.0 Å². The maximum atomic E-state index is 12.1. The van der Waals surface area contributed by atoms with Gasteiger partial charge in [0.1, 0.15) is 0 Å². The minimum absolute atomic E-state index is 0.126. The zero-order chi connectivity index (χ0) is 16.2. The van der Waals surface area contributed by atoms with Crippen LogP contribution in [0.3, 0.4) is 0 Å². The number of H-pyrrole nitrogens is 1. The van der Waals surface area contributed by atoms with Crippen LogP contribution in [-0.2, 0) is 11.3 Å². The predicted molar refractivity (Wildman–Crippen MR) is 94.7 cm³/mol. The van der Waals surface area contributed by atoms with Crippen molar-refractivity contribution in [3.63, 3.8) is 0 Å². The number of amides is 1. The summed E-state index contributed by atoms with van der Waals surface area (Å²) in [6, 6.07) is 8.35. The number of rotatable bonds is 5. The van der Waals surface area contributed by atoms with E-state index in [9.17, 15) is 4.79 Å². The first-order valence-electron chi connectivity index (χ1n) is 8.36. The van der Waals surface area contributed by atoms with Crippen molar-refractivity contribution in [3.05, 3.63) is 35.0 Å². The molecular formula is C18H24ClN3O. The first kappa shape index (κ1) is 16.3. The van der Waals surface area contributed by atoms with Gasteiger partial charge in [-0.3, -0.25) is 4.79 Å². The van der Waals surface area contributed by atoms with Gasteiger partial charge in [0, 0.05) is 34.1 Å². The number of halogens is 1. The molecule has 0 bridgehead atoms. The Morgan fingerprint density at radius 2 is 2.26 bits per heavy atom. The molecule has 1 fully saturated rings. The average Bonchev–Trinajstić information content (AvgIpc) is 2.94. The van der Waals surface area contributed by atoms with Crippen LogP contribution < -0.4 is 5.32 Å². The van der Waals surface area contributed by atoms with Gasteiger partial charge in [-0.2, -0.15) is 0 Å². The number of hydrogen-bond donors (Lipinski definition) is 2. The van der Waals surface area contributed by atoms with Crippen molar-refractivity contribution in [3.8, 4) is 0 Å². The molecule has 0 unspecified atom stereocenters. The van der Waals surface area contributed by atoms with E-state index in [4.69, 9.17) is 11.6 Å². The molecule has 1 aromatic carbocycles. The SMILES string of the molecule is CN1CCCC[C@H]1CCC(=O)NCc1cc2cc(Cl)ccc2[nH]1. The highest BCUT2D eigenvalue weighted by Gasteiger charge is 2.19. The molecule has 0 aliphatic carbocycles. The summed E-state index contributed by atoms with van der Waals surface area (Å²) in [7, 11) is 2.16. The zero-order valence-corrected chi connectivity index (χ0v) is 14.3. The Morgan fingerprint density at radius 3 is 3.09 bits per heavy atom. The van der Waals surface area contributed by atoms with Crippen molar-refractivity contribution in [2.45, 2.75) is 44.7 Å². The molecule has 1 aromatic heterocycles. The van der Waals surface area contributed by atoms with E-state index in [-0.39, 0.29) is 5.91 Å². The largest absolute Gasteiger partial charge is 0.357 e. The van der Waals surface area contributed by atoms with Gasteiger partial charge in [-0.05, 0) is 57.1 Å². The minimum Gasteiger partial charge on any atom is -0.357 e. The summed E-state index contributed by atoms with van der Waals surface area (Å²) < 4.78 is 0. The van der Waals surface area contributed by atoms with E-state index in [0.717, 1.165) is 34.6 Å². The molecular weight excluding hydrogens is 310 g/mol. The lowest BCUT2D eigenvalue weighted by atomic mass is 9.98. The molecule has 23 heavy (non-hydrogen) atoms. The molecule has 1 aliphatic rings. The summed E-state index contributed by atoms with van der Waals surface area (Å²) in [4.78, 5) is 17.8. The second-order valence-corrected chi connectivity index (χ2v) is 6.91. The molecule has 5 heteroatoms. The van der Waals surface area contributed by atoms with Gasteiger partial charge in [0.25, 0.3) is 0 Å². The predicted octanol–water partition coefficient (Wildman–Crippen LogP) is 3.70. The molecule has 0 spiro atoms. The van der Waals surface area contributed by atoms with Crippen LogP contribution in [0, 0.1) is 0 Å². The Labute approximate surface area is 142 Å². The highest BCUT2D eigenvalue weighted by Crippen LogP contribution is 2.20. The van der Waals surface area contributed by atoms with Crippen LogP contribution in [0.4, 0.5) is 0 Å². The fourth-order valence-electron chi connectivity index (χ4n) is 3.35. The van der Waals surface area contributed by atoms with Crippen molar-refractivity contribution in [2.75, 3.05) is 13.6 Å². The molecule has 2 heterocycles. The second-order valence-electron chi connectivity index (χ2n) is 6.47. The summed E-state index contributed by atoms with van der Waals surface area (Å²) in [5.74, 6) is 0.126. The maximum absolute atomic E-state index is 12.1. The number of nitrogens with zero attached hydrogens (tertiary/aromatic N) is 1. The fourth-order valence-corrected chi connectivity index (χ4v) is 3.53. The number of carbonyl (C=O) groups excluding carboxylic acids is 1. The molecule has 2 aromatic rings. The lowest BCUT2D eigenvalue weighted by Gasteiger charge is -2.32. The third-order valence-corrected chi connectivity index (χ3v) is 4.98. The maximum Gasteiger partial charge on any atom is 0.220 e. The molecule has 2 N–H and O–H groups in total. The van der Waals surface area contributed by atoms with Gasteiger partial charge in [0.2, 0.25) is 5.91 Å². The summed E-state index contributed by atoms with van der Waals surface area (Å²) in [5, 5.41) is 4.81. The zero-order valence-electron chi connectivity index (χ0n) is 13.6. The number of nitrogens with one attached hydrogen (secondary N) is 2. The number of fused-ring (bicyclic) bond motifs is 1. The smallest absolute Gasteiger partial charge is 0.220 e. The van der Waals surface area contributed by atoms with Crippen molar-refractivity contribution < 1.29 is 4.79 Å². The van der Waals surface area contributed by atoms with Crippen molar-refractivity contribution >= 4 is 28.4 Å². The molecule has 1 saturated heterocycles. The lowest BCUT2D eigenvalue weighted by Crippen LogP contribution is -2.37. The van der Waals surface area contributed by atoms with E-state index in [1.807, 2.05) is 24.3 Å². The summed E-state index contributed by atoms with van der Waals surface area (Å²) in [6.45, 7) is 1.69. The molecule has 124 valence electrons. The third kappa shape index (κ3) is 4.27. The van der Waals surface area contributed by atoms with E-state index >= 15 is 0 Å². The Bertz CT molecular complexity index is 682. The first-order chi connectivity index (χ1) is 11.1. The normalized spacial score (nSPS) is 19.1. The Hall–Kier alpha value is -1.52. The van der Waals surface area contributed by atoms with Gasteiger partial charge in [0.05, 0.1) is 6.54 Å². The number of carbonyl (C=O) groups is 1. The first-order valence-corrected chi connectivity index (χ1v) is 8.74. The van der Waals surface area contributed by atoms with E-state index in [2.05, 4.69) is 22.2 Å². The molecule has 0 radical (unpaired) electrons. The summed E-state index contributed by atoms with van der Waals surface area (Å²) >= 11 is 5.99. The van der Waals surface area contributed by atoms with E-state index in [1.165, 1.54) is 19.3 Å². The second kappa shape index (κ2) is 7.37. The van der Waals surface area contributed by atoms with Gasteiger partial charge in [0.15, 0.2) is 0 Å². The molecule has 1 amide bonds. The molecule has 0 saturated carbocycles. The monoisotopic (exact) mass is 333 g/mol. The number of hydrogen-bond acceptors (Lipinski definition) is 2. The molecule has 4 nitrogen and oxygen atoms in total. The highest BCUT2D eigenvalue weighted by atomic mass is 35.5. The Kier molecular flexibility index (Phi) is 5.23. The van der Waals surface area contributed by atoms with Crippen LogP contribution in [0.15, 0.2) is 24.3 Å². The fraction of sp³-hybridized carbons (Fsp3) is 0.500. The van der Waals surface area contributed by atoms with Crippen molar-refractivity contribution in [1.82, 2.24) is 15.2 Å². The number of benzene rings is 1. The average molecular weight is 334 g/mol.